The molecule has 5 heteroatoms. The topological polar surface area (TPSA) is 57.8 Å². The first-order valence-corrected chi connectivity index (χ1v) is 8.88. The van der Waals surface area contributed by atoms with Crippen LogP contribution in [0, 0.1) is 5.82 Å². The second kappa shape index (κ2) is 7.48. The average Bonchev–Trinajstić information content (AvgIpc) is 3.11. The van der Waals surface area contributed by atoms with Crippen LogP contribution in [0.3, 0.4) is 0 Å². The third-order valence-electron chi connectivity index (χ3n) is 4.40. The molecule has 138 valence electrons. The van der Waals surface area contributed by atoms with Gasteiger partial charge in [0.1, 0.15) is 5.82 Å². The van der Waals surface area contributed by atoms with Crippen LogP contribution < -0.4 is 5.32 Å². The molecule has 0 aliphatic rings. The number of amides is 1. The highest BCUT2D eigenvalue weighted by Gasteiger charge is 2.08. The lowest BCUT2D eigenvalue weighted by Crippen LogP contribution is -2.05. The van der Waals surface area contributed by atoms with Gasteiger partial charge in [-0.25, -0.2) is 4.39 Å². The second-order valence-electron chi connectivity index (χ2n) is 6.52. The third-order valence-corrected chi connectivity index (χ3v) is 4.40. The van der Waals surface area contributed by atoms with Crippen molar-refractivity contribution in [2.24, 2.45) is 0 Å². The number of aromatic nitrogens is 2. The number of halogens is 1. The van der Waals surface area contributed by atoms with Crippen molar-refractivity contribution in [3.05, 3.63) is 83.7 Å². The Balaban J connectivity index is 1.60. The van der Waals surface area contributed by atoms with Gasteiger partial charge in [-0.05, 0) is 59.7 Å². The van der Waals surface area contributed by atoms with E-state index >= 15 is 0 Å². The van der Waals surface area contributed by atoms with Gasteiger partial charge < -0.3 is 5.32 Å². The van der Waals surface area contributed by atoms with Gasteiger partial charge in [-0.3, -0.25) is 9.89 Å². The lowest BCUT2D eigenvalue weighted by molar-refractivity contribution is -0.114. The van der Waals surface area contributed by atoms with Gasteiger partial charge in [0.25, 0.3) is 0 Å². The van der Waals surface area contributed by atoms with Crippen molar-refractivity contribution in [1.82, 2.24) is 10.2 Å². The van der Waals surface area contributed by atoms with E-state index in [0.717, 1.165) is 39.0 Å². The van der Waals surface area contributed by atoms with Gasteiger partial charge in [-0.1, -0.05) is 30.4 Å². The Kier molecular flexibility index (Phi) is 4.72. The molecule has 0 aliphatic heterocycles. The number of hydrogen-bond donors (Lipinski definition) is 2. The first-order valence-electron chi connectivity index (χ1n) is 8.88. The van der Waals surface area contributed by atoms with Crippen molar-refractivity contribution >= 4 is 34.6 Å². The van der Waals surface area contributed by atoms with Crippen molar-refractivity contribution in [1.29, 1.82) is 0 Å². The number of carbonyl (C=O) groups is 1. The maximum Gasteiger partial charge on any atom is 0.221 e. The molecule has 0 atom stereocenters. The molecule has 0 unspecified atom stereocenters. The SMILES string of the molecule is CC(=O)Nc1ccc(/C=C/c2ccc3[nH]nc(-c4ccc(F)cc4)c3c2)cc1. The first kappa shape index (κ1) is 17.7. The molecule has 0 spiro atoms. The summed E-state index contributed by atoms with van der Waals surface area (Å²) in [4.78, 5) is 11.1. The minimum Gasteiger partial charge on any atom is -0.326 e. The van der Waals surface area contributed by atoms with Crippen LogP contribution in [0.5, 0.6) is 0 Å². The highest BCUT2D eigenvalue weighted by Crippen LogP contribution is 2.27. The fraction of sp³-hybridized carbons (Fsp3) is 0.0435. The van der Waals surface area contributed by atoms with Crippen LogP contribution in [-0.2, 0) is 4.79 Å². The van der Waals surface area contributed by atoms with E-state index in [1.807, 2.05) is 48.6 Å². The Morgan fingerprint density at radius 2 is 1.64 bits per heavy atom. The summed E-state index contributed by atoms with van der Waals surface area (Å²) in [6, 6.07) is 20.0. The van der Waals surface area contributed by atoms with Gasteiger partial charge >= 0.3 is 0 Å². The summed E-state index contributed by atoms with van der Waals surface area (Å²) < 4.78 is 13.2. The number of H-pyrrole nitrogens is 1. The zero-order valence-electron chi connectivity index (χ0n) is 15.2. The van der Waals surface area contributed by atoms with Gasteiger partial charge in [0, 0.05) is 23.6 Å². The van der Waals surface area contributed by atoms with E-state index in [1.54, 1.807) is 12.1 Å². The van der Waals surface area contributed by atoms with E-state index in [0.29, 0.717) is 0 Å². The summed E-state index contributed by atoms with van der Waals surface area (Å²) in [5.41, 5.74) is 5.42. The van der Waals surface area contributed by atoms with Crippen molar-refractivity contribution in [2.75, 3.05) is 5.32 Å². The summed E-state index contributed by atoms with van der Waals surface area (Å²) >= 11 is 0. The third kappa shape index (κ3) is 3.83. The molecular weight excluding hydrogens is 353 g/mol. The lowest BCUT2D eigenvalue weighted by Gasteiger charge is -2.02. The summed E-state index contributed by atoms with van der Waals surface area (Å²) in [6.45, 7) is 1.49. The summed E-state index contributed by atoms with van der Waals surface area (Å²) in [5, 5.41) is 11.1. The van der Waals surface area contributed by atoms with Crippen molar-refractivity contribution in [2.45, 2.75) is 6.92 Å². The van der Waals surface area contributed by atoms with Crippen molar-refractivity contribution in [3.63, 3.8) is 0 Å². The van der Waals surface area contributed by atoms with Crippen LogP contribution in [0.4, 0.5) is 10.1 Å². The largest absolute Gasteiger partial charge is 0.326 e. The quantitative estimate of drug-likeness (QED) is 0.466. The molecule has 0 saturated heterocycles. The molecule has 3 aromatic carbocycles. The molecule has 4 rings (SSSR count). The molecule has 4 nitrogen and oxygen atoms in total. The standard InChI is InChI=1S/C23H18FN3O/c1-15(28)25-20-11-4-16(5-12-20)2-3-17-6-13-22-21(14-17)23(27-26-22)18-7-9-19(24)10-8-18/h2-14H,1H3,(H,25,28)(H,26,27)/b3-2+. The number of benzene rings is 3. The van der Waals surface area contributed by atoms with Crippen LogP contribution in [0.2, 0.25) is 0 Å². The predicted molar refractivity (Wildman–Crippen MR) is 111 cm³/mol. The van der Waals surface area contributed by atoms with Crippen LogP contribution in [-0.4, -0.2) is 16.1 Å². The van der Waals surface area contributed by atoms with Gasteiger partial charge in [0.15, 0.2) is 0 Å². The zero-order chi connectivity index (χ0) is 19.5. The van der Waals surface area contributed by atoms with Crippen LogP contribution in [0.25, 0.3) is 34.3 Å². The first-order chi connectivity index (χ1) is 13.6. The number of hydrogen-bond acceptors (Lipinski definition) is 2. The Bertz CT molecular complexity index is 1160. The molecule has 1 amide bonds. The Morgan fingerprint density at radius 1 is 0.964 bits per heavy atom. The normalized spacial score (nSPS) is 11.2. The summed E-state index contributed by atoms with van der Waals surface area (Å²) in [7, 11) is 0. The zero-order valence-corrected chi connectivity index (χ0v) is 15.2. The van der Waals surface area contributed by atoms with E-state index in [9.17, 15) is 9.18 Å². The molecule has 2 N–H and O–H groups in total. The lowest BCUT2D eigenvalue weighted by atomic mass is 10.0. The molecule has 0 aliphatic carbocycles. The van der Waals surface area contributed by atoms with E-state index in [4.69, 9.17) is 0 Å². The minimum absolute atomic E-state index is 0.0892. The second-order valence-corrected chi connectivity index (χ2v) is 6.52. The van der Waals surface area contributed by atoms with Gasteiger partial charge in [-0.2, -0.15) is 5.10 Å². The highest BCUT2D eigenvalue weighted by atomic mass is 19.1. The number of rotatable bonds is 4. The van der Waals surface area contributed by atoms with Crippen LogP contribution in [0.1, 0.15) is 18.1 Å². The molecule has 1 heterocycles. The minimum atomic E-state index is -0.267. The van der Waals surface area contributed by atoms with Crippen LogP contribution >= 0.6 is 0 Å². The van der Waals surface area contributed by atoms with E-state index in [-0.39, 0.29) is 11.7 Å². The summed E-state index contributed by atoms with van der Waals surface area (Å²) in [6.07, 6.45) is 4.03. The van der Waals surface area contributed by atoms with Crippen LogP contribution in [0.15, 0.2) is 66.7 Å². The van der Waals surface area contributed by atoms with Gasteiger partial charge in [0.2, 0.25) is 5.91 Å². The predicted octanol–water partition coefficient (Wildman–Crippen LogP) is 5.50. The molecule has 0 fully saturated rings. The number of aromatic amines is 1. The number of nitrogens with zero attached hydrogens (tertiary/aromatic N) is 1. The molecule has 4 aromatic rings. The molecule has 0 radical (unpaired) electrons. The molecule has 28 heavy (non-hydrogen) atoms. The van der Waals surface area contributed by atoms with Crippen molar-refractivity contribution < 1.29 is 9.18 Å². The molecule has 1 aromatic heterocycles. The fourth-order valence-corrected chi connectivity index (χ4v) is 3.04. The van der Waals surface area contributed by atoms with Crippen molar-refractivity contribution in [3.8, 4) is 11.3 Å². The maximum absolute atomic E-state index is 13.2. The van der Waals surface area contributed by atoms with E-state index in [2.05, 4.69) is 21.6 Å². The monoisotopic (exact) mass is 371 g/mol. The highest BCUT2D eigenvalue weighted by molar-refractivity contribution is 5.94. The number of anilines is 1. The number of carbonyl (C=O) groups excluding carboxylic acids is 1. The maximum atomic E-state index is 13.2. The average molecular weight is 371 g/mol. The van der Waals surface area contributed by atoms with Gasteiger partial charge in [-0.15, -0.1) is 0 Å². The smallest absolute Gasteiger partial charge is 0.221 e. The molecule has 0 saturated carbocycles. The number of fused-ring (bicyclic) bond motifs is 1. The fourth-order valence-electron chi connectivity index (χ4n) is 3.04. The van der Waals surface area contributed by atoms with Gasteiger partial charge in [0.05, 0.1) is 11.2 Å². The van der Waals surface area contributed by atoms with E-state index in [1.165, 1.54) is 19.1 Å². The molecule has 0 bridgehead atoms. The Morgan fingerprint density at radius 3 is 2.36 bits per heavy atom. The van der Waals surface area contributed by atoms with E-state index < -0.39 is 0 Å². The number of nitrogens with one attached hydrogen (secondary N) is 2. The Hall–Kier alpha value is -3.73. The summed E-state index contributed by atoms with van der Waals surface area (Å²) in [5.74, 6) is -0.356. The molecular formula is C23H18FN3O. The Labute approximate surface area is 161 Å².